The Kier molecular flexibility index (Phi) is 7.02. The second-order valence-corrected chi connectivity index (χ2v) is 7.41. The molecule has 20 heavy (non-hydrogen) atoms. The topological polar surface area (TPSA) is 55.4 Å². The molecule has 0 amide bonds. The Morgan fingerprint density at radius 3 is 2.35 bits per heavy atom. The van der Waals surface area contributed by atoms with E-state index >= 15 is 0 Å². The number of sulfone groups is 1. The molecule has 0 aliphatic rings. The van der Waals surface area contributed by atoms with Gasteiger partial charge in [-0.05, 0) is 56.1 Å². The van der Waals surface area contributed by atoms with Crippen LogP contribution in [-0.2, 0) is 9.84 Å². The fourth-order valence-corrected chi connectivity index (χ4v) is 2.35. The maximum absolute atomic E-state index is 11.3. The highest BCUT2D eigenvalue weighted by atomic mass is 32.2. The molecule has 5 heteroatoms. The zero-order valence-corrected chi connectivity index (χ0v) is 13.4. The summed E-state index contributed by atoms with van der Waals surface area (Å²) in [5, 5.41) is 3.39. The van der Waals surface area contributed by atoms with Crippen molar-refractivity contribution in [2.75, 3.05) is 26.0 Å². The van der Waals surface area contributed by atoms with Gasteiger partial charge in [0, 0.05) is 6.26 Å². The highest BCUT2D eigenvalue weighted by molar-refractivity contribution is 7.90. The molecule has 0 radical (unpaired) electrons. The van der Waals surface area contributed by atoms with Crippen LogP contribution in [0, 0.1) is 5.92 Å². The van der Waals surface area contributed by atoms with Gasteiger partial charge in [0.05, 0.1) is 11.5 Å². The number of unbranched alkanes of at least 4 members (excludes halogenated alkanes) is 1. The summed E-state index contributed by atoms with van der Waals surface area (Å²) in [6, 6.07) is 6.56. The normalized spacial score (nSPS) is 11.8. The summed E-state index contributed by atoms with van der Waals surface area (Å²) >= 11 is 0. The van der Waals surface area contributed by atoms with Crippen molar-refractivity contribution in [3.05, 3.63) is 24.3 Å². The molecule has 0 aromatic heterocycles. The van der Waals surface area contributed by atoms with Crippen LogP contribution in [0.1, 0.15) is 26.7 Å². The lowest BCUT2D eigenvalue weighted by atomic mass is 10.2. The second kappa shape index (κ2) is 8.27. The van der Waals surface area contributed by atoms with Gasteiger partial charge in [-0.3, -0.25) is 0 Å². The minimum Gasteiger partial charge on any atom is -0.494 e. The van der Waals surface area contributed by atoms with E-state index in [0.29, 0.717) is 23.2 Å². The van der Waals surface area contributed by atoms with Crippen molar-refractivity contribution in [2.24, 2.45) is 5.92 Å². The molecule has 1 aromatic rings. The molecule has 0 saturated heterocycles. The van der Waals surface area contributed by atoms with Crippen molar-refractivity contribution < 1.29 is 13.2 Å². The Labute approximate surface area is 122 Å². The van der Waals surface area contributed by atoms with Crippen molar-refractivity contribution in [3.63, 3.8) is 0 Å². The molecular formula is C15H25NO3S. The van der Waals surface area contributed by atoms with Crippen LogP contribution in [0.4, 0.5) is 0 Å². The van der Waals surface area contributed by atoms with Gasteiger partial charge < -0.3 is 10.1 Å². The third-order valence-electron chi connectivity index (χ3n) is 2.82. The summed E-state index contributed by atoms with van der Waals surface area (Å²) in [5.74, 6) is 1.40. The van der Waals surface area contributed by atoms with E-state index < -0.39 is 9.84 Å². The van der Waals surface area contributed by atoms with Crippen LogP contribution in [0.2, 0.25) is 0 Å². The molecule has 0 bridgehead atoms. The van der Waals surface area contributed by atoms with Gasteiger partial charge in [0.25, 0.3) is 0 Å². The first-order valence-corrected chi connectivity index (χ1v) is 8.92. The summed E-state index contributed by atoms with van der Waals surface area (Å²) < 4.78 is 28.2. The standard InChI is InChI=1S/C15H25NO3S/c1-13(2)12-16-10-4-5-11-19-14-6-8-15(9-7-14)20(3,17)18/h6-9,13,16H,4-5,10-12H2,1-3H3. The van der Waals surface area contributed by atoms with Gasteiger partial charge in [-0.25, -0.2) is 8.42 Å². The SMILES string of the molecule is CC(C)CNCCCCOc1ccc(S(C)(=O)=O)cc1. The van der Waals surface area contributed by atoms with E-state index in [4.69, 9.17) is 4.74 Å². The lowest BCUT2D eigenvalue weighted by molar-refractivity contribution is 0.305. The van der Waals surface area contributed by atoms with E-state index in [-0.39, 0.29) is 0 Å². The lowest BCUT2D eigenvalue weighted by Gasteiger charge is -2.08. The molecule has 0 aliphatic carbocycles. The van der Waals surface area contributed by atoms with E-state index in [1.807, 2.05) is 0 Å². The number of nitrogens with one attached hydrogen (secondary N) is 1. The maximum Gasteiger partial charge on any atom is 0.175 e. The minimum absolute atomic E-state index is 0.322. The average molecular weight is 299 g/mol. The summed E-state index contributed by atoms with van der Waals surface area (Å²) in [7, 11) is -3.13. The molecule has 0 unspecified atom stereocenters. The molecule has 4 nitrogen and oxygen atoms in total. The number of rotatable bonds is 9. The van der Waals surface area contributed by atoms with Gasteiger partial charge in [0.1, 0.15) is 5.75 Å². The fourth-order valence-electron chi connectivity index (χ4n) is 1.72. The Bertz CT molecular complexity index is 480. The molecule has 1 aromatic carbocycles. The summed E-state index contributed by atoms with van der Waals surface area (Å²) in [6.07, 6.45) is 3.26. The lowest BCUT2D eigenvalue weighted by Crippen LogP contribution is -2.21. The quantitative estimate of drug-likeness (QED) is 0.712. The van der Waals surface area contributed by atoms with E-state index in [0.717, 1.165) is 25.9 Å². The summed E-state index contributed by atoms with van der Waals surface area (Å²) in [4.78, 5) is 0.322. The van der Waals surface area contributed by atoms with Gasteiger partial charge in [0.15, 0.2) is 9.84 Å². The van der Waals surface area contributed by atoms with Crippen LogP contribution < -0.4 is 10.1 Å². The molecule has 0 saturated carbocycles. The monoisotopic (exact) mass is 299 g/mol. The second-order valence-electron chi connectivity index (χ2n) is 5.40. The largest absolute Gasteiger partial charge is 0.494 e. The van der Waals surface area contributed by atoms with Crippen molar-refractivity contribution in [3.8, 4) is 5.75 Å². The molecule has 1 rings (SSSR count). The smallest absolute Gasteiger partial charge is 0.175 e. The van der Waals surface area contributed by atoms with Gasteiger partial charge in [-0.2, -0.15) is 0 Å². The van der Waals surface area contributed by atoms with Crippen molar-refractivity contribution in [1.29, 1.82) is 0 Å². The number of benzene rings is 1. The summed E-state index contributed by atoms with van der Waals surface area (Å²) in [6.45, 7) is 7.09. The van der Waals surface area contributed by atoms with E-state index in [2.05, 4.69) is 19.2 Å². The number of hydrogen-bond donors (Lipinski definition) is 1. The van der Waals surface area contributed by atoms with E-state index in [9.17, 15) is 8.42 Å². The molecule has 0 fully saturated rings. The molecular weight excluding hydrogens is 274 g/mol. The first-order valence-electron chi connectivity index (χ1n) is 7.03. The predicted octanol–water partition coefficient (Wildman–Crippen LogP) is 2.49. The summed E-state index contributed by atoms with van der Waals surface area (Å²) in [5.41, 5.74) is 0. The molecule has 0 heterocycles. The average Bonchev–Trinajstić information content (AvgIpc) is 2.37. The van der Waals surface area contributed by atoms with Crippen molar-refractivity contribution in [1.82, 2.24) is 5.32 Å². The zero-order valence-electron chi connectivity index (χ0n) is 12.6. The van der Waals surface area contributed by atoms with Gasteiger partial charge >= 0.3 is 0 Å². The van der Waals surface area contributed by atoms with Crippen LogP contribution in [0.15, 0.2) is 29.2 Å². The van der Waals surface area contributed by atoms with Crippen LogP contribution in [0.25, 0.3) is 0 Å². The van der Waals surface area contributed by atoms with Crippen LogP contribution >= 0.6 is 0 Å². The van der Waals surface area contributed by atoms with Crippen LogP contribution in [0.3, 0.4) is 0 Å². The van der Waals surface area contributed by atoms with Gasteiger partial charge in [-0.15, -0.1) is 0 Å². The highest BCUT2D eigenvalue weighted by Crippen LogP contribution is 2.15. The predicted molar refractivity (Wildman–Crippen MR) is 82.0 cm³/mol. The molecule has 0 atom stereocenters. The number of ether oxygens (including phenoxy) is 1. The maximum atomic E-state index is 11.3. The van der Waals surface area contributed by atoms with Crippen LogP contribution in [0.5, 0.6) is 5.75 Å². The van der Waals surface area contributed by atoms with Gasteiger partial charge in [-0.1, -0.05) is 13.8 Å². The minimum atomic E-state index is -3.13. The Morgan fingerprint density at radius 2 is 1.80 bits per heavy atom. The first kappa shape index (κ1) is 17.0. The number of hydrogen-bond acceptors (Lipinski definition) is 4. The third-order valence-corrected chi connectivity index (χ3v) is 3.95. The Morgan fingerprint density at radius 1 is 1.15 bits per heavy atom. The molecule has 114 valence electrons. The Balaban J connectivity index is 2.20. The molecule has 1 N–H and O–H groups in total. The fraction of sp³-hybridized carbons (Fsp3) is 0.600. The van der Waals surface area contributed by atoms with Gasteiger partial charge in [0.2, 0.25) is 0 Å². The van der Waals surface area contributed by atoms with Crippen molar-refractivity contribution in [2.45, 2.75) is 31.6 Å². The molecule has 0 aliphatic heterocycles. The Hall–Kier alpha value is -1.07. The zero-order chi connectivity index (χ0) is 15.0. The highest BCUT2D eigenvalue weighted by Gasteiger charge is 2.06. The van der Waals surface area contributed by atoms with E-state index in [1.54, 1.807) is 24.3 Å². The first-order chi connectivity index (χ1) is 9.39. The van der Waals surface area contributed by atoms with Crippen molar-refractivity contribution >= 4 is 9.84 Å². The van der Waals surface area contributed by atoms with Crippen LogP contribution in [-0.4, -0.2) is 34.4 Å². The van der Waals surface area contributed by atoms with E-state index in [1.165, 1.54) is 6.26 Å². The third kappa shape index (κ3) is 6.91. The molecule has 0 spiro atoms.